The summed E-state index contributed by atoms with van der Waals surface area (Å²) < 4.78 is 33.6. The maximum atomic E-state index is 12.6. The molecule has 0 aliphatic carbocycles. The molecule has 22 heavy (non-hydrogen) atoms. The predicted octanol–water partition coefficient (Wildman–Crippen LogP) is 0.0476. The molecule has 0 saturated carbocycles. The summed E-state index contributed by atoms with van der Waals surface area (Å²) >= 11 is 0. The van der Waals surface area contributed by atoms with Crippen LogP contribution in [0.1, 0.15) is 26.7 Å². The van der Waals surface area contributed by atoms with Crippen molar-refractivity contribution in [1.29, 1.82) is 0 Å². The van der Waals surface area contributed by atoms with E-state index in [9.17, 15) is 13.2 Å². The highest BCUT2D eigenvalue weighted by atomic mass is 32.2. The molecule has 1 atom stereocenters. The van der Waals surface area contributed by atoms with Gasteiger partial charge >= 0.3 is 0 Å². The van der Waals surface area contributed by atoms with E-state index in [-0.39, 0.29) is 17.7 Å². The van der Waals surface area contributed by atoms with Crippen molar-refractivity contribution in [3.63, 3.8) is 0 Å². The molecule has 2 rings (SSSR count). The minimum absolute atomic E-state index is 0.0214. The molecule has 0 aromatic rings. The number of nitrogens with zero attached hydrogens (tertiary/aromatic N) is 2. The summed E-state index contributed by atoms with van der Waals surface area (Å²) in [5, 5.41) is 2.91. The standard InChI is InChI=1S/C14H27N3O4S/c1-12(2)14(18)15-10-13-4-3-5-17(11-13)22(19,20)16-6-8-21-9-7-16/h12-13H,3-11H2,1-2H3,(H,15,18). The van der Waals surface area contributed by atoms with Gasteiger partial charge in [-0.2, -0.15) is 17.0 Å². The molecule has 2 fully saturated rings. The third-order valence-electron chi connectivity index (χ3n) is 4.19. The van der Waals surface area contributed by atoms with Crippen molar-refractivity contribution >= 4 is 16.1 Å². The zero-order chi connectivity index (χ0) is 16.2. The van der Waals surface area contributed by atoms with Crippen molar-refractivity contribution in [3.05, 3.63) is 0 Å². The Morgan fingerprint density at radius 2 is 1.91 bits per heavy atom. The van der Waals surface area contributed by atoms with Crippen molar-refractivity contribution < 1.29 is 17.9 Å². The SMILES string of the molecule is CC(C)C(=O)NCC1CCCN(S(=O)(=O)N2CCOCC2)C1. The maximum Gasteiger partial charge on any atom is 0.282 e. The number of carbonyl (C=O) groups excluding carboxylic acids is 1. The molecule has 0 aromatic heterocycles. The van der Waals surface area contributed by atoms with E-state index in [1.165, 1.54) is 4.31 Å². The molecule has 7 nitrogen and oxygen atoms in total. The monoisotopic (exact) mass is 333 g/mol. The van der Waals surface area contributed by atoms with Crippen molar-refractivity contribution in [2.45, 2.75) is 26.7 Å². The third-order valence-corrected chi connectivity index (χ3v) is 6.20. The first-order valence-electron chi connectivity index (χ1n) is 8.02. The minimum Gasteiger partial charge on any atom is -0.379 e. The van der Waals surface area contributed by atoms with E-state index >= 15 is 0 Å². The summed E-state index contributed by atoms with van der Waals surface area (Å²) in [4.78, 5) is 11.6. The molecule has 0 aromatic carbocycles. The Morgan fingerprint density at radius 3 is 2.55 bits per heavy atom. The van der Waals surface area contributed by atoms with Crippen molar-refractivity contribution in [2.24, 2.45) is 11.8 Å². The van der Waals surface area contributed by atoms with Gasteiger partial charge in [-0.25, -0.2) is 0 Å². The van der Waals surface area contributed by atoms with Gasteiger partial charge in [0, 0.05) is 38.6 Å². The van der Waals surface area contributed by atoms with Crippen LogP contribution in [0.2, 0.25) is 0 Å². The fourth-order valence-corrected chi connectivity index (χ4v) is 4.49. The summed E-state index contributed by atoms with van der Waals surface area (Å²) in [6.45, 7) is 7.07. The molecule has 0 radical (unpaired) electrons. The second-order valence-corrected chi connectivity index (χ2v) is 8.21. The Labute approximate surface area is 133 Å². The second kappa shape index (κ2) is 7.72. The number of hydrogen-bond acceptors (Lipinski definition) is 4. The second-order valence-electron chi connectivity index (χ2n) is 6.29. The third kappa shape index (κ3) is 4.41. The summed E-state index contributed by atoms with van der Waals surface area (Å²) in [5.74, 6) is 0.164. The molecule has 2 saturated heterocycles. The summed E-state index contributed by atoms with van der Waals surface area (Å²) in [6.07, 6.45) is 1.79. The highest BCUT2D eigenvalue weighted by molar-refractivity contribution is 7.86. The van der Waals surface area contributed by atoms with Gasteiger partial charge in [-0.15, -0.1) is 0 Å². The predicted molar refractivity (Wildman–Crippen MR) is 83.5 cm³/mol. The van der Waals surface area contributed by atoms with Crippen molar-refractivity contribution in [3.8, 4) is 0 Å². The summed E-state index contributed by atoms with van der Waals surface area (Å²) in [5.41, 5.74) is 0. The van der Waals surface area contributed by atoms with E-state index in [1.807, 2.05) is 13.8 Å². The van der Waals surface area contributed by atoms with Crippen LogP contribution in [-0.4, -0.2) is 68.9 Å². The summed E-state index contributed by atoms with van der Waals surface area (Å²) in [7, 11) is -3.40. The Hall–Kier alpha value is -0.700. The largest absolute Gasteiger partial charge is 0.379 e. The number of rotatable bonds is 5. The van der Waals surface area contributed by atoms with Crippen LogP contribution in [0.25, 0.3) is 0 Å². The normalized spacial score (nSPS) is 25.3. The highest BCUT2D eigenvalue weighted by Gasteiger charge is 2.34. The molecule has 0 bridgehead atoms. The zero-order valence-corrected chi connectivity index (χ0v) is 14.3. The molecular weight excluding hydrogens is 306 g/mol. The van der Waals surface area contributed by atoms with Gasteiger partial charge in [0.25, 0.3) is 10.2 Å². The smallest absolute Gasteiger partial charge is 0.282 e. The van der Waals surface area contributed by atoms with Crippen LogP contribution in [0, 0.1) is 11.8 Å². The lowest BCUT2D eigenvalue weighted by Gasteiger charge is -2.36. The van der Waals surface area contributed by atoms with Gasteiger partial charge in [-0.3, -0.25) is 4.79 Å². The van der Waals surface area contributed by atoms with Gasteiger partial charge in [-0.1, -0.05) is 13.8 Å². The molecular formula is C14H27N3O4S. The van der Waals surface area contributed by atoms with Gasteiger partial charge in [-0.05, 0) is 18.8 Å². The van der Waals surface area contributed by atoms with Gasteiger partial charge in [0.1, 0.15) is 0 Å². The number of ether oxygens (including phenoxy) is 1. The minimum atomic E-state index is -3.40. The molecule has 1 N–H and O–H groups in total. The van der Waals surface area contributed by atoms with E-state index < -0.39 is 10.2 Å². The van der Waals surface area contributed by atoms with Gasteiger partial charge < -0.3 is 10.1 Å². The Morgan fingerprint density at radius 1 is 1.23 bits per heavy atom. The van der Waals surface area contributed by atoms with Crippen LogP contribution in [-0.2, 0) is 19.7 Å². The lowest BCUT2D eigenvalue weighted by Crippen LogP contribution is -2.52. The molecule has 128 valence electrons. The van der Waals surface area contributed by atoms with Crippen LogP contribution >= 0.6 is 0 Å². The first kappa shape index (κ1) is 17.7. The fraction of sp³-hybridized carbons (Fsp3) is 0.929. The first-order chi connectivity index (χ1) is 10.4. The quantitative estimate of drug-likeness (QED) is 0.771. The average molecular weight is 333 g/mol. The van der Waals surface area contributed by atoms with Crippen LogP contribution < -0.4 is 5.32 Å². The molecule has 0 spiro atoms. The average Bonchev–Trinajstić information content (AvgIpc) is 2.53. The van der Waals surface area contributed by atoms with Gasteiger partial charge in [0.2, 0.25) is 5.91 Å². The Balaban J connectivity index is 1.90. The molecule has 2 heterocycles. The molecule has 8 heteroatoms. The van der Waals surface area contributed by atoms with Gasteiger partial charge in [0.15, 0.2) is 0 Å². The molecule has 2 aliphatic rings. The van der Waals surface area contributed by atoms with E-state index in [4.69, 9.17) is 4.74 Å². The number of nitrogens with one attached hydrogen (secondary N) is 1. The maximum absolute atomic E-state index is 12.6. The van der Waals surface area contributed by atoms with E-state index in [1.54, 1.807) is 4.31 Å². The molecule has 2 aliphatic heterocycles. The van der Waals surface area contributed by atoms with E-state index in [0.29, 0.717) is 45.9 Å². The van der Waals surface area contributed by atoms with E-state index in [0.717, 1.165) is 12.8 Å². The van der Waals surface area contributed by atoms with Crippen LogP contribution in [0.4, 0.5) is 0 Å². The van der Waals surface area contributed by atoms with Crippen molar-refractivity contribution in [2.75, 3.05) is 45.9 Å². The van der Waals surface area contributed by atoms with E-state index in [2.05, 4.69) is 5.32 Å². The zero-order valence-electron chi connectivity index (χ0n) is 13.5. The Bertz CT molecular complexity index is 474. The lowest BCUT2D eigenvalue weighted by molar-refractivity contribution is -0.124. The van der Waals surface area contributed by atoms with Crippen LogP contribution in [0.15, 0.2) is 0 Å². The number of amides is 1. The first-order valence-corrected chi connectivity index (χ1v) is 9.41. The fourth-order valence-electron chi connectivity index (χ4n) is 2.79. The molecule has 1 unspecified atom stereocenters. The molecule has 1 amide bonds. The van der Waals surface area contributed by atoms with Crippen LogP contribution in [0.5, 0.6) is 0 Å². The Kier molecular flexibility index (Phi) is 6.19. The lowest BCUT2D eigenvalue weighted by atomic mass is 9.99. The number of piperidine rings is 1. The summed E-state index contributed by atoms with van der Waals surface area (Å²) in [6, 6.07) is 0. The van der Waals surface area contributed by atoms with Crippen LogP contribution in [0.3, 0.4) is 0 Å². The van der Waals surface area contributed by atoms with Gasteiger partial charge in [0.05, 0.1) is 13.2 Å². The highest BCUT2D eigenvalue weighted by Crippen LogP contribution is 2.21. The number of carbonyl (C=O) groups is 1. The van der Waals surface area contributed by atoms with Crippen molar-refractivity contribution in [1.82, 2.24) is 13.9 Å². The number of morpholine rings is 1. The number of hydrogen-bond donors (Lipinski definition) is 1. The topological polar surface area (TPSA) is 79.0 Å².